The van der Waals surface area contributed by atoms with Crippen molar-refractivity contribution in [1.82, 2.24) is 3.93 Å². The molecule has 1 rings (SSSR count). The van der Waals surface area contributed by atoms with E-state index in [4.69, 9.17) is 0 Å². The smallest absolute Gasteiger partial charge is 0.239 e. The normalized spacial score (nSPS) is 24.1. The van der Waals surface area contributed by atoms with E-state index in [1.807, 2.05) is 13.8 Å². The van der Waals surface area contributed by atoms with Gasteiger partial charge < -0.3 is 0 Å². The fourth-order valence-electron chi connectivity index (χ4n) is 1.16. The molecule has 62 valence electrons. The van der Waals surface area contributed by atoms with Crippen molar-refractivity contribution in [1.29, 1.82) is 0 Å². The van der Waals surface area contributed by atoms with Crippen molar-refractivity contribution in [2.75, 3.05) is 0 Å². The molecular formula is C7H10BrNO2. The summed E-state index contributed by atoms with van der Waals surface area (Å²) < 4.78 is 1.03. The van der Waals surface area contributed by atoms with Crippen LogP contribution in [0.3, 0.4) is 0 Å². The van der Waals surface area contributed by atoms with Gasteiger partial charge in [-0.25, -0.2) is 3.93 Å². The van der Waals surface area contributed by atoms with E-state index in [0.29, 0.717) is 12.8 Å². The first kappa shape index (κ1) is 8.71. The van der Waals surface area contributed by atoms with Crippen LogP contribution in [0, 0.1) is 5.41 Å². The Kier molecular flexibility index (Phi) is 2.05. The molecule has 1 aliphatic heterocycles. The highest BCUT2D eigenvalue weighted by Gasteiger charge is 2.36. The third-order valence-corrected chi connectivity index (χ3v) is 2.49. The van der Waals surface area contributed by atoms with Gasteiger partial charge in [-0.2, -0.15) is 0 Å². The first-order chi connectivity index (χ1) is 4.92. The zero-order valence-electron chi connectivity index (χ0n) is 6.56. The molecule has 1 aliphatic rings. The Labute approximate surface area is 74.1 Å². The van der Waals surface area contributed by atoms with E-state index in [0.717, 1.165) is 3.93 Å². The van der Waals surface area contributed by atoms with Crippen molar-refractivity contribution in [2.45, 2.75) is 26.7 Å². The van der Waals surface area contributed by atoms with E-state index >= 15 is 0 Å². The van der Waals surface area contributed by atoms with Gasteiger partial charge in [0.15, 0.2) is 0 Å². The Bertz CT molecular complexity index is 192. The molecule has 0 N–H and O–H groups in total. The number of hydrogen-bond acceptors (Lipinski definition) is 2. The van der Waals surface area contributed by atoms with Crippen LogP contribution in [0.5, 0.6) is 0 Å². The Morgan fingerprint density at radius 3 is 2.00 bits per heavy atom. The molecule has 0 aromatic carbocycles. The van der Waals surface area contributed by atoms with Crippen LogP contribution in [0.2, 0.25) is 0 Å². The van der Waals surface area contributed by atoms with Crippen LogP contribution in [0.15, 0.2) is 0 Å². The lowest BCUT2D eigenvalue weighted by Gasteiger charge is -2.30. The van der Waals surface area contributed by atoms with Gasteiger partial charge in [-0.1, -0.05) is 13.8 Å². The highest BCUT2D eigenvalue weighted by atomic mass is 79.9. The summed E-state index contributed by atoms with van der Waals surface area (Å²) in [5, 5.41) is 0. The van der Waals surface area contributed by atoms with E-state index < -0.39 is 0 Å². The number of imide groups is 1. The highest BCUT2D eigenvalue weighted by molar-refractivity contribution is 9.08. The average molecular weight is 220 g/mol. The van der Waals surface area contributed by atoms with Crippen molar-refractivity contribution in [3.8, 4) is 0 Å². The second-order valence-electron chi connectivity index (χ2n) is 3.59. The van der Waals surface area contributed by atoms with Crippen molar-refractivity contribution in [3.63, 3.8) is 0 Å². The van der Waals surface area contributed by atoms with Gasteiger partial charge in [-0.15, -0.1) is 0 Å². The maximum absolute atomic E-state index is 11.1. The molecule has 1 fully saturated rings. The molecule has 0 aromatic heterocycles. The first-order valence-electron chi connectivity index (χ1n) is 3.44. The minimum absolute atomic E-state index is 0.147. The summed E-state index contributed by atoms with van der Waals surface area (Å²) in [6.07, 6.45) is 0.869. The van der Waals surface area contributed by atoms with Crippen LogP contribution in [0.25, 0.3) is 0 Å². The molecule has 0 bridgehead atoms. The third-order valence-electron chi connectivity index (χ3n) is 1.70. The summed E-state index contributed by atoms with van der Waals surface area (Å²) >= 11 is 2.90. The lowest BCUT2D eigenvalue weighted by molar-refractivity contribution is -0.144. The van der Waals surface area contributed by atoms with Crippen LogP contribution >= 0.6 is 16.1 Å². The van der Waals surface area contributed by atoms with Crippen LogP contribution < -0.4 is 0 Å². The molecule has 0 saturated carbocycles. The standard InChI is InChI=1S/C7H10BrNO2/c1-7(2)3-5(10)9(8)6(11)4-7/h3-4H2,1-2H3. The monoisotopic (exact) mass is 219 g/mol. The zero-order chi connectivity index (χ0) is 8.65. The number of rotatable bonds is 0. The van der Waals surface area contributed by atoms with Gasteiger partial charge >= 0.3 is 0 Å². The quantitative estimate of drug-likeness (QED) is 0.458. The van der Waals surface area contributed by atoms with Gasteiger partial charge in [-0.05, 0) is 5.41 Å². The van der Waals surface area contributed by atoms with Crippen LogP contribution in [-0.2, 0) is 9.59 Å². The Hall–Kier alpha value is -0.380. The molecule has 2 amide bonds. The summed E-state index contributed by atoms with van der Waals surface area (Å²) in [4.78, 5) is 22.2. The van der Waals surface area contributed by atoms with E-state index in [2.05, 4.69) is 16.1 Å². The summed E-state index contributed by atoms with van der Waals surface area (Å²) in [5.41, 5.74) is -0.168. The van der Waals surface area contributed by atoms with E-state index in [1.54, 1.807) is 0 Å². The number of piperidine rings is 1. The summed E-state index contributed by atoms with van der Waals surface area (Å²) in [6.45, 7) is 3.84. The van der Waals surface area contributed by atoms with E-state index in [-0.39, 0.29) is 17.2 Å². The van der Waals surface area contributed by atoms with Crippen LogP contribution in [-0.4, -0.2) is 15.7 Å². The molecule has 11 heavy (non-hydrogen) atoms. The molecule has 0 unspecified atom stereocenters. The topological polar surface area (TPSA) is 37.4 Å². The van der Waals surface area contributed by atoms with Crippen LogP contribution in [0.1, 0.15) is 26.7 Å². The molecule has 0 atom stereocenters. The van der Waals surface area contributed by atoms with Gasteiger partial charge in [0.05, 0.1) is 16.1 Å². The molecule has 0 aliphatic carbocycles. The first-order valence-corrected chi connectivity index (χ1v) is 4.15. The maximum atomic E-state index is 11.1. The fourth-order valence-corrected chi connectivity index (χ4v) is 1.41. The molecule has 3 nitrogen and oxygen atoms in total. The number of amides is 2. The lowest BCUT2D eigenvalue weighted by Crippen LogP contribution is -2.40. The lowest BCUT2D eigenvalue weighted by atomic mass is 9.83. The molecule has 4 heteroatoms. The molecule has 1 heterocycles. The van der Waals surface area contributed by atoms with Gasteiger partial charge in [0.2, 0.25) is 11.8 Å². The van der Waals surface area contributed by atoms with Crippen LogP contribution in [0.4, 0.5) is 0 Å². The van der Waals surface area contributed by atoms with Gasteiger partial charge in [0.1, 0.15) is 0 Å². The number of hydrogen-bond donors (Lipinski definition) is 0. The fraction of sp³-hybridized carbons (Fsp3) is 0.714. The second-order valence-corrected chi connectivity index (χ2v) is 4.30. The minimum atomic E-state index is -0.168. The molecule has 0 spiro atoms. The van der Waals surface area contributed by atoms with E-state index in [9.17, 15) is 9.59 Å². The number of halogens is 1. The largest absolute Gasteiger partial charge is 0.273 e. The Morgan fingerprint density at radius 1 is 1.27 bits per heavy atom. The molecule has 0 aromatic rings. The number of carbonyl (C=O) groups excluding carboxylic acids is 2. The Morgan fingerprint density at radius 2 is 1.64 bits per heavy atom. The SMILES string of the molecule is CC1(C)CC(=O)N(Br)C(=O)C1. The third kappa shape index (κ3) is 1.80. The summed E-state index contributed by atoms with van der Waals surface area (Å²) in [6, 6.07) is 0. The number of carbonyl (C=O) groups is 2. The van der Waals surface area contributed by atoms with Crippen molar-refractivity contribution in [2.24, 2.45) is 5.41 Å². The van der Waals surface area contributed by atoms with Crippen molar-refractivity contribution >= 4 is 28.0 Å². The van der Waals surface area contributed by atoms with E-state index in [1.165, 1.54) is 0 Å². The van der Waals surface area contributed by atoms with Crippen molar-refractivity contribution in [3.05, 3.63) is 0 Å². The van der Waals surface area contributed by atoms with Crippen molar-refractivity contribution < 1.29 is 9.59 Å². The molecule has 1 saturated heterocycles. The van der Waals surface area contributed by atoms with Gasteiger partial charge in [0, 0.05) is 12.8 Å². The highest BCUT2D eigenvalue weighted by Crippen LogP contribution is 2.32. The predicted octanol–water partition coefficient (Wildman–Crippen LogP) is 1.47. The maximum Gasteiger partial charge on any atom is 0.239 e. The Balaban J connectivity index is 2.78. The summed E-state index contributed by atoms with van der Waals surface area (Å²) in [7, 11) is 0. The zero-order valence-corrected chi connectivity index (χ0v) is 8.14. The average Bonchev–Trinajstić information content (AvgIpc) is 1.81. The molecular weight excluding hydrogens is 210 g/mol. The predicted molar refractivity (Wildman–Crippen MR) is 43.8 cm³/mol. The van der Waals surface area contributed by atoms with Gasteiger partial charge in [-0.3, -0.25) is 9.59 Å². The second kappa shape index (κ2) is 2.59. The van der Waals surface area contributed by atoms with Gasteiger partial charge in [0.25, 0.3) is 0 Å². The number of nitrogens with zero attached hydrogens (tertiary/aromatic N) is 1. The minimum Gasteiger partial charge on any atom is -0.273 e. The summed E-state index contributed by atoms with van der Waals surface area (Å²) in [5.74, 6) is -0.294. The molecule has 0 radical (unpaired) electrons.